The lowest BCUT2D eigenvalue weighted by atomic mass is 9.90. The maximum absolute atomic E-state index is 12.5. The topological polar surface area (TPSA) is 78.9 Å². The Bertz CT molecular complexity index is 386. The molecule has 2 N–H and O–H groups in total. The zero-order chi connectivity index (χ0) is 15.4. The van der Waals surface area contributed by atoms with Crippen LogP contribution in [0.2, 0.25) is 0 Å². The van der Waals surface area contributed by atoms with Crippen molar-refractivity contribution in [1.29, 1.82) is 0 Å². The highest BCUT2D eigenvalue weighted by atomic mass is 16.5. The van der Waals surface area contributed by atoms with Crippen molar-refractivity contribution in [3.8, 4) is 0 Å². The second-order valence-electron chi connectivity index (χ2n) is 6.11. The fraction of sp³-hybridized carbons (Fsp3) is 0.867. The number of nitrogens with one attached hydrogen (secondary N) is 1. The van der Waals surface area contributed by atoms with Gasteiger partial charge in [0, 0.05) is 6.54 Å². The monoisotopic (exact) mass is 298 g/mol. The molecule has 4 atom stereocenters. The highest BCUT2D eigenvalue weighted by Gasteiger charge is 2.38. The predicted octanol–water partition coefficient (Wildman–Crippen LogP) is 1.84. The number of carboxylic acids is 1. The molecule has 0 bridgehead atoms. The third-order valence-electron chi connectivity index (χ3n) is 4.75. The minimum Gasteiger partial charge on any atom is -0.480 e. The largest absolute Gasteiger partial charge is 0.480 e. The summed E-state index contributed by atoms with van der Waals surface area (Å²) in [7, 11) is 0. The maximum atomic E-state index is 12.5. The molecule has 120 valence electrons. The van der Waals surface area contributed by atoms with Crippen LogP contribution < -0.4 is 5.32 Å². The molecule has 1 aliphatic carbocycles. The van der Waals surface area contributed by atoms with Crippen molar-refractivity contribution in [3.05, 3.63) is 0 Å². The zero-order valence-corrected chi connectivity index (χ0v) is 12.9. The van der Waals surface area contributed by atoms with Crippen LogP contribution in [0.25, 0.3) is 0 Å². The van der Waals surface area contributed by atoms with Crippen molar-refractivity contribution in [2.75, 3.05) is 13.2 Å². The van der Waals surface area contributed by atoms with Crippen LogP contribution in [0, 0.1) is 5.92 Å². The van der Waals surface area contributed by atoms with Gasteiger partial charge in [-0.1, -0.05) is 33.1 Å². The van der Waals surface area contributed by atoms with Crippen LogP contribution in [-0.4, -0.2) is 53.3 Å². The van der Waals surface area contributed by atoms with Gasteiger partial charge in [-0.2, -0.15) is 0 Å². The fourth-order valence-electron chi connectivity index (χ4n) is 3.25. The Kier molecular flexibility index (Phi) is 5.45. The number of hydrogen-bond donors (Lipinski definition) is 2. The molecule has 4 unspecified atom stereocenters. The highest BCUT2D eigenvalue weighted by Crippen LogP contribution is 2.28. The van der Waals surface area contributed by atoms with Gasteiger partial charge in [0.25, 0.3) is 0 Å². The fourth-order valence-corrected chi connectivity index (χ4v) is 3.25. The molecular formula is C15H26N2O4. The van der Waals surface area contributed by atoms with Crippen molar-refractivity contribution in [2.24, 2.45) is 5.92 Å². The summed E-state index contributed by atoms with van der Waals surface area (Å²) in [5.41, 5.74) is 0. The van der Waals surface area contributed by atoms with Gasteiger partial charge in [0.05, 0.1) is 18.8 Å². The van der Waals surface area contributed by atoms with Gasteiger partial charge in [0.2, 0.25) is 0 Å². The van der Waals surface area contributed by atoms with Crippen molar-refractivity contribution >= 4 is 12.0 Å². The quantitative estimate of drug-likeness (QED) is 0.830. The number of hydrogen-bond acceptors (Lipinski definition) is 3. The highest BCUT2D eigenvalue weighted by molar-refractivity contribution is 5.83. The number of carbonyl (C=O) groups is 2. The van der Waals surface area contributed by atoms with Crippen LogP contribution in [0.15, 0.2) is 0 Å². The molecule has 1 saturated heterocycles. The van der Waals surface area contributed by atoms with E-state index in [4.69, 9.17) is 4.74 Å². The Morgan fingerprint density at radius 3 is 2.76 bits per heavy atom. The summed E-state index contributed by atoms with van der Waals surface area (Å²) in [5.74, 6) is -1.05. The van der Waals surface area contributed by atoms with Gasteiger partial charge >= 0.3 is 12.0 Å². The molecule has 1 saturated carbocycles. The Balaban J connectivity index is 2.02. The van der Waals surface area contributed by atoms with E-state index in [-0.39, 0.29) is 24.1 Å². The van der Waals surface area contributed by atoms with E-state index in [0.29, 0.717) is 19.6 Å². The van der Waals surface area contributed by atoms with Gasteiger partial charge in [-0.15, -0.1) is 0 Å². The van der Waals surface area contributed by atoms with Crippen LogP contribution in [0.4, 0.5) is 4.79 Å². The summed E-state index contributed by atoms with van der Waals surface area (Å²) in [4.78, 5) is 25.6. The Hall–Kier alpha value is -1.30. The smallest absolute Gasteiger partial charge is 0.326 e. The SMILES string of the molecule is CCC(C)C(NC(=O)N1CCOC2CCCCC21)C(=O)O. The average molecular weight is 298 g/mol. The number of ether oxygens (including phenoxy) is 1. The number of fused-ring (bicyclic) bond motifs is 1. The minimum atomic E-state index is -0.967. The lowest BCUT2D eigenvalue weighted by Gasteiger charge is -2.44. The van der Waals surface area contributed by atoms with Gasteiger partial charge in [-0.25, -0.2) is 9.59 Å². The molecule has 2 aliphatic rings. The summed E-state index contributed by atoms with van der Waals surface area (Å²) < 4.78 is 5.75. The first-order valence-corrected chi connectivity index (χ1v) is 7.96. The normalized spacial score (nSPS) is 28.4. The molecule has 0 aromatic carbocycles. The van der Waals surface area contributed by atoms with Gasteiger partial charge < -0.3 is 20.1 Å². The van der Waals surface area contributed by atoms with Crippen molar-refractivity contribution < 1.29 is 19.4 Å². The number of aliphatic carboxylic acids is 1. The number of carbonyl (C=O) groups excluding carboxylic acids is 1. The molecule has 2 fully saturated rings. The molecule has 1 aliphatic heterocycles. The number of morpholine rings is 1. The number of urea groups is 1. The lowest BCUT2D eigenvalue weighted by Crippen LogP contribution is -2.60. The number of nitrogens with zero attached hydrogens (tertiary/aromatic N) is 1. The molecule has 0 spiro atoms. The molecule has 2 amide bonds. The van der Waals surface area contributed by atoms with Gasteiger partial charge in [0.1, 0.15) is 6.04 Å². The Morgan fingerprint density at radius 2 is 2.10 bits per heavy atom. The molecule has 21 heavy (non-hydrogen) atoms. The van der Waals surface area contributed by atoms with Crippen molar-refractivity contribution in [1.82, 2.24) is 10.2 Å². The maximum Gasteiger partial charge on any atom is 0.326 e. The minimum absolute atomic E-state index is 0.0883. The van der Waals surface area contributed by atoms with Gasteiger partial charge in [0.15, 0.2) is 0 Å². The molecule has 1 heterocycles. The number of amides is 2. The van der Waals surface area contributed by atoms with Gasteiger partial charge in [-0.05, 0) is 18.8 Å². The molecule has 0 aromatic rings. The molecule has 0 aromatic heterocycles. The summed E-state index contributed by atoms with van der Waals surface area (Å²) in [6.07, 6.45) is 5.00. The third-order valence-corrected chi connectivity index (χ3v) is 4.75. The first kappa shape index (κ1) is 16.1. The van der Waals surface area contributed by atoms with Crippen molar-refractivity contribution in [3.63, 3.8) is 0 Å². The molecule has 6 nitrogen and oxygen atoms in total. The zero-order valence-electron chi connectivity index (χ0n) is 12.9. The van der Waals surface area contributed by atoms with E-state index < -0.39 is 12.0 Å². The summed E-state index contributed by atoms with van der Waals surface area (Å²) in [5, 5.41) is 12.0. The summed E-state index contributed by atoms with van der Waals surface area (Å²) >= 11 is 0. The Labute approximate surface area is 125 Å². The van der Waals surface area contributed by atoms with E-state index in [1.165, 1.54) is 0 Å². The second kappa shape index (κ2) is 7.11. The van der Waals surface area contributed by atoms with Crippen LogP contribution in [-0.2, 0) is 9.53 Å². The second-order valence-corrected chi connectivity index (χ2v) is 6.11. The van der Waals surface area contributed by atoms with Gasteiger partial charge in [-0.3, -0.25) is 0 Å². The Morgan fingerprint density at radius 1 is 1.38 bits per heavy atom. The molecule has 2 rings (SSSR count). The lowest BCUT2D eigenvalue weighted by molar-refractivity contribution is -0.140. The van der Waals surface area contributed by atoms with E-state index in [1.807, 2.05) is 13.8 Å². The number of carboxylic acid groups (broad SMARTS) is 1. The first-order valence-electron chi connectivity index (χ1n) is 7.96. The van der Waals surface area contributed by atoms with E-state index in [0.717, 1.165) is 25.7 Å². The molecular weight excluding hydrogens is 272 g/mol. The van der Waals surface area contributed by atoms with Crippen LogP contribution in [0.1, 0.15) is 46.0 Å². The van der Waals surface area contributed by atoms with Crippen molar-refractivity contribution in [2.45, 2.75) is 64.1 Å². The van der Waals surface area contributed by atoms with E-state index in [2.05, 4.69) is 5.32 Å². The standard InChI is InChI=1S/C15H26N2O4/c1-3-10(2)13(14(18)19)16-15(20)17-8-9-21-12-7-5-4-6-11(12)17/h10-13H,3-9H2,1-2H3,(H,16,20)(H,18,19). The van der Waals surface area contributed by atoms with E-state index in [1.54, 1.807) is 4.90 Å². The van der Waals surface area contributed by atoms with Crippen LogP contribution in [0.5, 0.6) is 0 Å². The first-order chi connectivity index (χ1) is 10.0. The molecule has 6 heteroatoms. The average Bonchev–Trinajstić information content (AvgIpc) is 2.50. The molecule has 0 radical (unpaired) electrons. The van der Waals surface area contributed by atoms with E-state index in [9.17, 15) is 14.7 Å². The van der Waals surface area contributed by atoms with Crippen LogP contribution >= 0.6 is 0 Å². The third kappa shape index (κ3) is 3.67. The summed E-state index contributed by atoms with van der Waals surface area (Å²) in [6.45, 7) is 4.86. The van der Waals surface area contributed by atoms with Crippen LogP contribution in [0.3, 0.4) is 0 Å². The van der Waals surface area contributed by atoms with E-state index >= 15 is 0 Å². The number of rotatable bonds is 4. The summed E-state index contributed by atoms with van der Waals surface area (Å²) in [6, 6.07) is -0.992. The predicted molar refractivity (Wildman–Crippen MR) is 78.1 cm³/mol.